The van der Waals surface area contributed by atoms with E-state index in [0.29, 0.717) is 17.0 Å². The van der Waals surface area contributed by atoms with Gasteiger partial charge in [0.2, 0.25) is 0 Å². The lowest BCUT2D eigenvalue weighted by Crippen LogP contribution is -2.34. The minimum absolute atomic E-state index is 0.231. The normalized spacial score (nSPS) is 11.9. The van der Waals surface area contributed by atoms with Gasteiger partial charge >= 0.3 is 0 Å². The van der Waals surface area contributed by atoms with Crippen molar-refractivity contribution in [2.45, 2.75) is 32.7 Å². The molecule has 0 spiro atoms. The lowest BCUT2D eigenvalue weighted by atomic mass is 9.95. The van der Waals surface area contributed by atoms with Gasteiger partial charge in [0.15, 0.2) is 0 Å². The molecule has 0 aliphatic rings. The van der Waals surface area contributed by atoms with E-state index < -0.39 is 5.54 Å². The van der Waals surface area contributed by atoms with Crippen LogP contribution in [0.1, 0.15) is 25.0 Å². The minimum atomic E-state index is -0.417. The fourth-order valence-electron chi connectivity index (χ4n) is 1.31. The van der Waals surface area contributed by atoms with Crippen LogP contribution in [0.4, 0.5) is 4.39 Å². The lowest BCUT2D eigenvalue weighted by molar-refractivity contribution is 0.497. The molecule has 14 heavy (non-hydrogen) atoms. The second-order valence-corrected chi connectivity index (χ2v) is 4.77. The van der Waals surface area contributed by atoms with Gasteiger partial charge in [0.05, 0.1) is 0 Å². The van der Waals surface area contributed by atoms with Crippen molar-refractivity contribution in [2.24, 2.45) is 5.73 Å². The first-order chi connectivity index (χ1) is 6.29. The van der Waals surface area contributed by atoms with Crippen molar-refractivity contribution in [3.63, 3.8) is 0 Å². The smallest absolute Gasteiger partial charge is 0.126 e. The second-order valence-electron chi connectivity index (χ2n) is 4.36. The second kappa shape index (κ2) is 3.87. The molecule has 0 fully saturated rings. The Hall–Kier alpha value is -0.600. The summed E-state index contributed by atoms with van der Waals surface area (Å²) in [5.74, 6) is -0.231. The van der Waals surface area contributed by atoms with Crippen molar-refractivity contribution in [3.8, 4) is 0 Å². The van der Waals surface area contributed by atoms with Gasteiger partial charge in [-0.3, -0.25) is 0 Å². The van der Waals surface area contributed by atoms with E-state index in [2.05, 4.69) is 0 Å². The first-order valence-corrected chi connectivity index (χ1v) is 4.91. The fraction of sp³-hybridized carbons (Fsp3) is 0.455. The Kier molecular flexibility index (Phi) is 3.17. The molecule has 1 aromatic carbocycles. The van der Waals surface area contributed by atoms with Crippen LogP contribution in [-0.2, 0) is 6.42 Å². The Morgan fingerprint density at radius 1 is 1.43 bits per heavy atom. The average molecular weight is 216 g/mol. The number of aryl methyl sites for hydroxylation is 1. The molecular formula is C11H15ClFN. The highest BCUT2D eigenvalue weighted by molar-refractivity contribution is 6.31. The van der Waals surface area contributed by atoms with Gasteiger partial charge in [-0.15, -0.1) is 0 Å². The lowest BCUT2D eigenvalue weighted by Gasteiger charge is -2.19. The summed E-state index contributed by atoms with van der Waals surface area (Å²) in [7, 11) is 0. The molecule has 0 unspecified atom stereocenters. The minimum Gasteiger partial charge on any atom is -0.325 e. The molecule has 0 saturated carbocycles. The van der Waals surface area contributed by atoms with Crippen LogP contribution in [0.3, 0.4) is 0 Å². The van der Waals surface area contributed by atoms with E-state index in [1.165, 1.54) is 6.07 Å². The molecule has 1 rings (SSSR count). The first kappa shape index (κ1) is 11.5. The largest absolute Gasteiger partial charge is 0.325 e. The third-order valence-electron chi connectivity index (χ3n) is 1.97. The van der Waals surface area contributed by atoms with Crippen LogP contribution >= 0.6 is 11.6 Å². The summed E-state index contributed by atoms with van der Waals surface area (Å²) in [4.78, 5) is 0. The van der Waals surface area contributed by atoms with E-state index in [0.717, 1.165) is 5.56 Å². The van der Waals surface area contributed by atoms with Crippen LogP contribution in [0.5, 0.6) is 0 Å². The van der Waals surface area contributed by atoms with Gasteiger partial charge in [0.25, 0.3) is 0 Å². The molecule has 0 aliphatic heterocycles. The van der Waals surface area contributed by atoms with Gasteiger partial charge in [0.1, 0.15) is 5.82 Å². The number of hydrogen-bond acceptors (Lipinski definition) is 1. The molecule has 78 valence electrons. The zero-order chi connectivity index (χ0) is 10.9. The highest BCUT2D eigenvalue weighted by Gasteiger charge is 2.15. The molecule has 0 bridgehead atoms. The molecule has 0 radical (unpaired) electrons. The van der Waals surface area contributed by atoms with Crippen molar-refractivity contribution < 1.29 is 4.39 Å². The molecule has 2 N–H and O–H groups in total. The maximum atomic E-state index is 13.4. The summed E-state index contributed by atoms with van der Waals surface area (Å²) in [5, 5.41) is 0.589. The maximum absolute atomic E-state index is 13.4. The predicted octanol–water partition coefficient (Wildman–Crippen LogP) is 3.07. The molecule has 1 nitrogen and oxygen atoms in total. The Balaban J connectivity index is 3.04. The topological polar surface area (TPSA) is 26.0 Å². The molecular weight excluding hydrogens is 201 g/mol. The summed E-state index contributed by atoms with van der Waals surface area (Å²) < 4.78 is 13.4. The third-order valence-corrected chi connectivity index (χ3v) is 2.38. The van der Waals surface area contributed by atoms with E-state index in [1.54, 1.807) is 13.0 Å². The van der Waals surface area contributed by atoms with Gasteiger partial charge in [-0.2, -0.15) is 0 Å². The molecule has 1 aromatic rings. The van der Waals surface area contributed by atoms with Gasteiger partial charge in [-0.05, 0) is 50.5 Å². The number of benzene rings is 1. The molecule has 0 aromatic heterocycles. The molecule has 0 amide bonds. The number of rotatable bonds is 2. The fourth-order valence-corrected chi connectivity index (χ4v) is 1.50. The Labute approximate surface area is 89.1 Å². The predicted molar refractivity (Wildman–Crippen MR) is 58.1 cm³/mol. The summed E-state index contributed by atoms with van der Waals surface area (Å²) in [6.45, 7) is 5.50. The summed E-state index contributed by atoms with van der Waals surface area (Å²) >= 11 is 5.91. The Bertz CT molecular complexity index is 342. The quantitative estimate of drug-likeness (QED) is 0.806. The van der Waals surface area contributed by atoms with Gasteiger partial charge in [-0.1, -0.05) is 11.6 Å². The average Bonchev–Trinajstić information content (AvgIpc) is 1.97. The highest BCUT2D eigenvalue weighted by atomic mass is 35.5. The van der Waals surface area contributed by atoms with E-state index in [1.807, 2.05) is 13.8 Å². The number of halogens is 2. The maximum Gasteiger partial charge on any atom is 0.126 e. The van der Waals surface area contributed by atoms with E-state index in [4.69, 9.17) is 17.3 Å². The molecule has 3 heteroatoms. The van der Waals surface area contributed by atoms with Crippen molar-refractivity contribution in [3.05, 3.63) is 34.1 Å². The Morgan fingerprint density at radius 2 is 2.00 bits per heavy atom. The standard InChI is InChI=1S/C11H15ClFN/c1-7-4-10(13)8(5-9(7)12)6-11(2,3)14/h4-5H,6,14H2,1-3H3. The van der Waals surface area contributed by atoms with Crippen molar-refractivity contribution in [2.75, 3.05) is 0 Å². The Morgan fingerprint density at radius 3 is 2.50 bits per heavy atom. The van der Waals surface area contributed by atoms with Crippen LogP contribution in [0, 0.1) is 12.7 Å². The zero-order valence-electron chi connectivity index (χ0n) is 8.70. The summed E-state index contributed by atoms with van der Waals surface area (Å²) in [6.07, 6.45) is 0.485. The van der Waals surface area contributed by atoms with Gasteiger partial charge in [0, 0.05) is 10.6 Å². The van der Waals surface area contributed by atoms with Gasteiger partial charge < -0.3 is 5.73 Å². The van der Waals surface area contributed by atoms with Crippen molar-refractivity contribution >= 4 is 11.6 Å². The van der Waals surface area contributed by atoms with Crippen molar-refractivity contribution in [1.29, 1.82) is 0 Å². The van der Waals surface area contributed by atoms with Crippen LogP contribution < -0.4 is 5.73 Å². The van der Waals surface area contributed by atoms with Crippen LogP contribution in [0.15, 0.2) is 12.1 Å². The third kappa shape index (κ3) is 2.96. The summed E-state index contributed by atoms with van der Waals surface area (Å²) in [5.41, 5.74) is 6.73. The number of hydrogen-bond donors (Lipinski definition) is 1. The van der Waals surface area contributed by atoms with Crippen LogP contribution in [0.25, 0.3) is 0 Å². The first-order valence-electron chi connectivity index (χ1n) is 4.53. The van der Waals surface area contributed by atoms with Gasteiger partial charge in [-0.25, -0.2) is 4.39 Å². The van der Waals surface area contributed by atoms with E-state index in [9.17, 15) is 4.39 Å². The van der Waals surface area contributed by atoms with Crippen LogP contribution in [0.2, 0.25) is 5.02 Å². The SMILES string of the molecule is Cc1cc(F)c(CC(C)(C)N)cc1Cl. The van der Waals surface area contributed by atoms with Crippen molar-refractivity contribution in [1.82, 2.24) is 0 Å². The van der Waals surface area contributed by atoms with E-state index in [-0.39, 0.29) is 5.82 Å². The summed E-state index contributed by atoms with van der Waals surface area (Å²) in [6, 6.07) is 3.10. The monoisotopic (exact) mass is 215 g/mol. The highest BCUT2D eigenvalue weighted by Crippen LogP contribution is 2.22. The van der Waals surface area contributed by atoms with Crippen LogP contribution in [-0.4, -0.2) is 5.54 Å². The molecule has 0 aliphatic carbocycles. The molecule has 0 atom stereocenters. The van der Waals surface area contributed by atoms with E-state index >= 15 is 0 Å². The number of nitrogens with two attached hydrogens (primary N) is 1. The molecule has 0 saturated heterocycles. The molecule has 0 heterocycles. The zero-order valence-corrected chi connectivity index (χ0v) is 9.45.